The van der Waals surface area contributed by atoms with Crippen LogP contribution in [0.4, 0.5) is 15.8 Å². The monoisotopic (exact) mass is 396 g/mol. The van der Waals surface area contributed by atoms with Gasteiger partial charge in [0.2, 0.25) is 11.8 Å². The number of halogens is 1. The number of anilines is 2. The van der Waals surface area contributed by atoms with Crippen LogP contribution < -0.4 is 15.0 Å². The van der Waals surface area contributed by atoms with Crippen molar-refractivity contribution in [2.75, 3.05) is 23.4 Å². The van der Waals surface area contributed by atoms with E-state index in [0.717, 1.165) is 18.4 Å². The van der Waals surface area contributed by atoms with Gasteiger partial charge in [-0.05, 0) is 63.4 Å². The van der Waals surface area contributed by atoms with E-state index in [0.29, 0.717) is 23.7 Å². The Morgan fingerprint density at radius 3 is 2.48 bits per heavy atom. The molecule has 1 fully saturated rings. The smallest absolute Gasteiger partial charge is 0.236 e. The molecule has 0 bridgehead atoms. The molecule has 2 aromatic rings. The van der Waals surface area contributed by atoms with Gasteiger partial charge in [0.15, 0.2) is 0 Å². The Kier molecular flexibility index (Phi) is 4.60. The third-order valence-electron chi connectivity index (χ3n) is 5.82. The number of nitrogens with zero attached hydrogens (tertiary/aromatic N) is 1. The first-order chi connectivity index (χ1) is 13.8. The van der Waals surface area contributed by atoms with Gasteiger partial charge in [0.05, 0.1) is 16.5 Å². The maximum Gasteiger partial charge on any atom is 0.236 e. The maximum atomic E-state index is 13.2. The van der Waals surface area contributed by atoms with E-state index >= 15 is 0 Å². The highest BCUT2D eigenvalue weighted by Crippen LogP contribution is 2.49. The zero-order valence-corrected chi connectivity index (χ0v) is 16.9. The molecule has 152 valence electrons. The fraction of sp³-hybridized carbons (Fsp3) is 0.391. The van der Waals surface area contributed by atoms with Crippen molar-refractivity contribution in [2.24, 2.45) is 5.41 Å². The Balaban J connectivity index is 1.59. The maximum absolute atomic E-state index is 13.2. The number of hydrogen-bond acceptors (Lipinski definition) is 3. The van der Waals surface area contributed by atoms with E-state index in [-0.39, 0.29) is 24.2 Å². The van der Waals surface area contributed by atoms with Crippen molar-refractivity contribution in [2.45, 2.75) is 39.0 Å². The third-order valence-corrected chi connectivity index (χ3v) is 5.82. The van der Waals surface area contributed by atoms with Gasteiger partial charge >= 0.3 is 0 Å². The molecule has 4 rings (SSSR count). The van der Waals surface area contributed by atoms with Gasteiger partial charge in [-0.1, -0.05) is 12.1 Å². The van der Waals surface area contributed by atoms with E-state index in [9.17, 15) is 14.0 Å². The fourth-order valence-corrected chi connectivity index (χ4v) is 3.83. The molecule has 2 aliphatic rings. The molecule has 1 aliphatic heterocycles. The highest BCUT2D eigenvalue weighted by Gasteiger charge is 2.51. The predicted molar refractivity (Wildman–Crippen MR) is 110 cm³/mol. The molecular formula is C23H25FN2O3. The second kappa shape index (κ2) is 6.87. The molecule has 1 N–H and O–H groups in total. The lowest BCUT2D eigenvalue weighted by atomic mass is 9.93. The lowest BCUT2D eigenvalue weighted by molar-refractivity contribution is -0.127. The largest absolute Gasteiger partial charge is 0.490 e. The molecule has 5 nitrogen and oxygen atoms in total. The summed E-state index contributed by atoms with van der Waals surface area (Å²) in [5, 5.41) is 2.98. The average molecular weight is 396 g/mol. The van der Waals surface area contributed by atoms with Gasteiger partial charge in [0.25, 0.3) is 0 Å². The number of fused-ring (bicyclic) bond motifs is 1. The summed E-state index contributed by atoms with van der Waals surface area (Å²) in [6.45, 7) is 6.47. The second-order valence-corrected chi connectivity index (χ2v) is 8.45. The Labute approximate surface area is 169 Å². The molecule has 0 spiro atoms. The van der Waals surface area contributed by atoms with Crippen molar-refractivity contribution in [3.63, 3.8) is 0 Å². The van der Waals surface area contributed by atoms with E-state index in [1.807, 2.05) is 26.8 Å². The number of nitrogens with one attached hydrogen (secondary N) is 1. The fourth-order valence-electron chi connectivity index (χ4n) is 3.83. The van der Waals surface area contributed by atoms with Crippen molar-refractivity contribution in [3.05, 3.63) is 53.8 Å². The molecule has 2 aromatic carbocycles. The topological polar surface area (TPSA) is 58.6 Å². The van der Waals surface area contributed by atoms with Crippen LogP contribution in [0.15, 0.2) is 42.5 Å². The SMILES string of the molecule is CCN1C(=O)C(C)(C)COc2cc(NC(=O)C3(c4ccc(F)cc4)CC3)ccc21. The number of carbonyl (C=O) groups excluding carboxylic acids is 2. The van der Waals surface area contributed by atoms with E-state index in [1.54, 1.807) is 29.2 Å². The van der Waals surface area contributed by atoms with Crippen molar-refractivity contribution < 1.29 is 18.7 Å². The number of rotatable bonds is 4. The standard InChI is InChI=1S/C23H25FN2O3/c1-4-26-18-10-9-17(13-19(18)29-14-22(2,3)21(26)28)25-20(27)23(11-12-23)15-5-7-16(24)8-6-15/h5-10,13H,4,11-12,14H2,1-3H3,(H,25,27). The van der Waals surface area contributed by atoms with Gasteiger partial charge in [-0.15, -0.1) is 0 Å². The van der Waals surface area contributed by atoms with Crippen LogP contribution in [0.3, 0.4) is 0 Å². The summed E-state index contributed by atoms with van der Waals surface area (Å²) in [5.74, 6) is 0.172. The Morgan fingerprint density at radius 2 is 1.86 bits per heavy atom. The summed E-state index contributed by atoms with van der Waals surface area (Å²) in [4.78, 5) is 27.5. The van der Waals surface area contributed by atoms with Gasteiger partial charge < -0.3 is 15.0 Å². The Bertz CT molecular complexity index is 965. The molecule has 0 aromatic heterocycles. The van der Waals surface area contributed by atoms with Gasteiger partial charge in [-0.2, -0.15) is 0 Å². The van der Waals surface area contributed by atoms with Crippen molar-refractivity contribution in [1.29, 1.82) is 0 Å². The molecule has 0 radical (unpaired) electrons. The number of carbonyl (C=O) groups is 2. The van der Waals surface area contributed by atoms with Crippen molar-refractivity contribution in [3.8, 4) is 5.75 Å². The summed E-state index contributed by atoms with van der Waals surface area (Å²) < 4.78 is 19.2. The first-order valence-electron chi connectivity index (χ1n) is 9.93. The minimum Gasteiger partial charge on any atom is -0.490 e. The molecule has 0 atom stereocenters. The van der Waals surface area contributed by atoms with Crippen LogP contribution in [-0.2, 0) is 15.0 Å². The van der Waals surface area contributed by atoms with Gasteiger partial charge in [-0.25, -0.2) is 4.39 Å². The summed E-state index contributed by atoms with van der Waals surface area (Å²) in [6.07, 6.45) is 1.47. The molecule has 1 aliphatic carbocycles. The number of amides is 2. The van der Waals surface area contributed by atoms with Crippen LogP contribution >= 0.6 is 0 Å². The number of hydrogen-bond donors (Lipinski definition) is 1. The van der Waals surface area contributed by atoms with Crippen LogP contribution in [-0.4, -0.2) is 25.0 Å². The van der Waals surface area contributed by atoms with E-state index in [1.165, 1.54) is 12.1 Å². The molecule has 6 heteroatoms. The van der Waals surface area contributed by atoms with Crippen molar-refractivity contribution >= 4 is 23.2 Å². The van der Waals surface area contributed by atoms with E-state index < -0.39 is 10.8 Å². The minimum atomic E-state index is -0.626. The second-order valence-electron chi connectivity index (χ2n) is 8.45. The molecule has 0 saturated heterocycles. The quantitative estimate of drug-likeness (QED) is 0.840. The van der Waals surface area contributed by atoms with Crippen molar-refractivity contribution in [1.82, 2.24) is 0 Å². The summed E-state index contributed by atoms with van der Waals surface area (Å²) in [6, 6.07) is 11.5. The first kappa shape index (κ1) is 19.4. The first-order valence-corrected chi connectivity index (χ1v) is 9.93. The molecule has 1 saturated carbocycles. The zero-order valence-electron chi connectivity index (χ0n) is 16.9. The zero-order chi connectivity index (χ0) is 20.8. The molecule has 2 amide bonds. The summed E-state index contributed by atoms with van der Waals surface area (Å²) in [5.41, 5.74) is 0.923. The van der Waals surface area contributed by atoms with Gasteiger partial charge in [0.1, 0.15) is 18.2 Å². The van der Waals surface area contributed by atoms with Crippen LogP contribution in [0.2, 0.25) is 0 Å². The minimum absolute atomic E-state index is 0.0174. The number of ether oxygens (including phenoxy) is 1. The molecule has 29 heavy (non-hydrogen) atoms. The molecule has 1 heterocycles. The molecular weight excluding hydrogens is 371 g/mol. The Hall–Kier alpha value is -2.89. The molecule has 0 unspecified atom stereocenters. The summed E-state index contributed by atoms with van der Waals surface area (Å²) in [7, 11) is 0. The average Bonchev–Trinajstić information content (AvgIpc) is 3.51. The lowest BCUT2D eigenvalue weighted by Crippen LogP contribution is -2.42. The Morgan fingerprint density at radius 1 is 1.17 bits per heavy atom. The van der Waals surface area contributed by atoms with Gasteiger partial charge in [-0.3, -0.25) is 9.59 Å². The highest BCUT2D eigenvalue weighted by molar-refractivity contribution is 6.03. The predicted octanol–water partition coefficient (Wildman–Crippen LogP) is 4.27. The van der Waals surface area contributed by atoms with Crippen LogP contribution in [0.5, 0.6) is 5.75 Å². The van der Waals surface area contributed by atoms with Gasteiger partial charge in [0, 0.05) is 18.3 Å². The van der Waals surface area contributed by atoms with E-state index in [4.69, 9.17) is 4.74 Å². The number of benzene rings is 2. The van der Waals surface area contributed by atoms with Crippen LogP contribution in [0.25, 0.3) is 0 Å². The highest BCUT2D eigenvalue weighted by atomic mass is 19.1. The third kappa shape index (κ3) is 3.37. The van der Waals surface area contributed by atoms with Crippen LogP contribution in [0.1, 0.15) is 39.2 Å². The normalized spacial score (nSPS) is 19.0. The van der Waals surface area contributed by atoms with Crippen LogP contribution in [0, 0.1) is 11.2 Å². The van der Waals surface area contributed by atoms with E-state index in [2.05, 4.69) is 5.32 Å². The lowest BCUT2D eigenvalue weighted by Gasteiger charge is -2.26. The summed E-state index contributed by atoms with van der Waals surface area (Å²) >= 11 is 0.